The van der Waals surface area contributed by atoms with Crippen molar-refractivity contribution in [2.75, 3.05) is 7.05 Å². The third-order valence-electron chi connectivity index (χ3n) is 5.80. The molecule has 0 saturated heterocycles. The lowest BCUT2D eigenvalue weighted by Gasteiger charge is -2.24. The first-order valence-electron chi connectivity index (χ1n) is 9.83. The maximum Gasteiger partial charge on any atom is 0.257 e. The molecule has 0 N–H and O–H groups in total. The van der Waals surface area contributed by atoms with Crippen molar-refractivity contribution in [2.24, 2.45) is 0 Å². The Hall–Kier alpha value is -2.62. The quantitative estimate of drug-likeness (QED) is 0.798. The highest BCUT2D eigenvalue weighted by atomic mass is 16.2. The Kier molecular flexibility index (Phi) is 4.50. The van der Waals surface area contributed by atoms with Gasteiger partial charge in [0.1, 0.15) is 0 Å². The monoisotopic (exact) mass is 362 g/mol. The van der Waals surface area contributed by atoms with Crippen LogP contribution in [0.3, 0.4) is 0 Å². The molecule has 1 amide bonds. The standard InChI is InChI=1S/C23H26N2O2/c1-4-25-21-12-11-17(13-19(21)18(14-22(25)26)16-9-10-16)23(27)24(3)20-8-6-5-7-15(20)2/h5,7,11-14,16H,4,6,8-10H2,1-3H3. The van der Waals surface area contributed by atoms with Gasteiger partial charge in [-0.25, -0.2) is 0 Å². The SMILES string of the molecule is CCn1c(=O)cc(C2CC2)c2cc(C(=O)N(C)C3=C(C)C=CCC3)ccc21. The van der Waals surface area contributed by atoms with E-state index in [0.29, 0.717) is 18.0 Å². The smallest absolute Gasteiger partial charge is 0.257 e. The van der Waals surface area contributed by atoms with Gasteiger partial charge in [-0.2, -0.15) is 0 Å². The van der Waals surface area contributed by atoms with Crippen LogP contribution >= 0.6 is 0 Å². The molecule has 4 nitrogen and oxygen atoms in total. The molecule has 1 fully saturated rings. The number of aromatic nitrogens is 1. The van der Waals surface area contributed by atoms with E-state index in [1.807, 2.05) is 32.2 Å². The lowest BCUT2D eigenvalue weighted by atomic mass is 10.0. The van der Waals surface area contributed by atoms with Crippen molar-refractivity contribution in [3.05, 3.63) is 69.2 Å². The molecule has 27 heavy (non-hydrogen) atoms. The highest BCUT2D eigenvalue weighted by molar-refractivity contribution is 5.99. The maximum atomic E-state index is 13.2. The molecule has 0 aliphatic heterocycles. The summed E-state index contributed by atoms with van der Waals surface area (Å²) in [5.41, 5.74) is 5.01. The molecular weight excluding hydrogens is 336 g/mol. The highest BCUT2D eigenvalue weighted by Crippen LogP contribution is 2.42. The van der Waals surface area contributed by atoms with Crippen molar-refractivity contribution < 1.29 is 4.79 Å². The predicted molar refractivity (Wildman–Crippen MR) is 109 cm³/mol. The van der Waals surface area contributed by atoms with Gasteiger partial charge in [-0.1, -0.05) is 12.2 Å². The van der Waals surface area contributed by atoms with Gasteiger partial charge in [0, 0.05) is 36.3 Å². The van der Waals surface area contributed by atoms with Crippen molar-refractivity contribution >= 4 is 16.8 Å². The van der Waals surface area contributed by atoms with Crippen LogP contribution in [0.4, 0.5) is 0 Å². The van der Waals surface area contributed by atoms with E-state index in [1.165, 1.54) is 0 Å². The average Bonchev–Trinajstić information content (AvgIpc) is 3.51. The zero-order valence-corrected chi connectivity index (χ0v) is 16.3. The first-order chi connectivity index (χ1) is 13.0. The highest BCUT2D eigenvalue weighted by Gasteiger charge is 2.27. The number of carbonyl (C=O) groups is 1. The van der Waals surface area contributed by atoms with Gasteiger partial charge in [0.05, 0.1) is 5.52 Å². The second-order valence-corrected chi connectivity index (χ2v) is 7.62. The van der Waals surface area contributed by atoms with Gasteiger partial charge in [-0.05, 0) is 74.8 Å². The molecule has 2 aromatic rings. The van der Waals surface area contributed by atoms with Crippen LogP contribution < -0.4 is 5.56 Å². The van der Waals surface area contributed by atoms with Crippen LogP contribution in [0.1, 0.15) is 61.4 Å². The van der Waals surface area contributed by atoms with Crippen molar-refractivity contribution in [2.45, 2.75) is 52.0 Å². The van der Waals surface area contributed by atoms with Crippen LogP contribution in [0, 0.1) is 0 Å². The molecule has 0 atom stereocenters. The van der Waals surface area contributed by atoms with E-state index in [0.717, 1.165) is 53.4 Å². The Morgan fingerprint density at radius 3 is 2.70 bits per heavy atom. The predicted octanol–water partition coefficient (Wildman–Crippen LogP) is 4.59. The molecule has 4 heteroatoms. The second kappa shape index (κ2) is 6.84. The van der Waals surface area contributed by atoms with Crippen molar-refractivity contribution in [3.63, 3.8) is 0 Å². The molecule has 0 bridgehead atoms. The minimum atomic E-state index is 0.0116. The lowest BCUT2D eigenvalue weighted by Crippen LogP contribution is -2.27. The molecular formula is C23H26N2O2. The van der Waals surface area contributed by atoms with Gasteiger partial charge >= 0.3 is 0 Å². The average molecular weight is 362 g/mol. The molecule has 1 heterocycles. The molecule has 140 valence electrons. The zero-order chi connectivity index (χ0) is 19.1. The number of amides is 1. The molecule has 4 rings (SSSR count). The molecule has 0 radical (unpaired) electrons. The molecule has 2 aliphatic rings. The molecule has 2 aliphatic carbocycles. The molecule has 1 aromatic heterocycles. The number of pyridine rings is 1. The van der Waals surface area contributed by atoms with E-state index in [4.69, 9.17) is 0 Å². The summed E-state index contributed by atoms with van der Waals surface area (Å²) in [5.74, 6) is 0.473. The largest absolute Gasteiger partial charge is 0.315 e. The van der Waals surface area contributed by atoms with E-state index < -0.39 is 0 Å². The fraction of sp³-hybridized carbons (Fsp3) is 0.391. The summed E-state index contributed by atoms with van der Waals surface area (Å²) in [6, 6.07) is 7.56. The Bertz CT molecular complexity index is 1040. The van der Waals surface area contributed by atoms with Crippen LogP contribution in [0.25, 0.3) is 10.9 Å². The van der Waals surface area contributed by atoms with Crippen molar-refractivity contribution in [1.82, 2.24) is 9.47 Å². The van der Waals surface area contributed by atoms with Crippen LogP contribution in [0.2, 0.25) is 0 Å². The van der Waals surface area contributed by atoms with Crippen LogP contribution in [0.15, 0.2) is 52.5 Å². The van der Waals surface area contributed by atoms with Gasteiger partial charge in [0.15, 0.2) is 0 Å². The van der Waals surface area contributed by atoms with E-state index in [2.05, 4.69) is 19.1 Å². The third kappa shape index (κ3) is 3.14. The number of hydrogen-bond acceptors (Lipinski definition) is 2. The molecule has 1 saturated carbocycles. The lowest BCUT2D eigenvalue weighted by molar-refractivity contribution is 0.0831. The first kappa shape index (κ1) is 17.8. The number of fused-ring (bicyclic) bond motifs is 1. The second-order valence-electron chi connectivity index (χ2n) is 7.62. The number of aryl methyl sites for hydroxylation is 1. The fourth-order valence-corrected chi connectivity index (χ4v) is 4.12. The van der Waals surface area contributed by atoms with E-state index in [1.54, 1.807) is 15.5 Å². The summed E-state index contributed by atoms with van der Waals surface area (Å²) < 4.78 is 1.79. The van der Waals surface area contributed by atoms with Crippen molar-refractivity contribution in [1.29, 1.82) is 0 Å². The third-order valence-corrected chi connectivity index (χ3v) is 5.80. The van der Waals surface area contributed by atoms with Gasteiger partial charge in [0.2, 0.25) is 0 Å². The minimum Gasteiger partial charge on any atom is -0.315 e. The Morgan fingerprint density at radius 2 is 2.04 bits per heavy atom. The normalized spacial score (nSPS) is 16.9. The summed E-state index contributed by atoms with van der Waals surface area (Å²) in [6.45, 7) is 4.67. The topological polar surface area (TPSA) is 42.3 Å². The van der Waals surface area contributed by atoms with Gasteiger partial charge < -0.3 is 9.47 Å². The Balaban J connectivity index is 1.80. The minimum absolute atomic E-state index is 0.0116. The van der Waals surface area contributed by atoms with Gasteiger partial charge in [-0.15, -0.1) is 0 Å². The summed E-state index contributed by atoms with van der Waals surface area (Å²) in [7, 11) is 1.86. The van der Waals surface area contributed by atoms with Gasteiger partial charge in [0.25, 0.3) is 11.5 Å². The summed E-state index contributed by atoms with van der Waals surface area (Å²) in [4.78, 5) is 27.4. The summed E-state index contributed by atoms with van der Waals surface area (Å²) >= 11 is 0. The van der Waals surface area contributed by atoms with Crippen LogP contribution in [0.5, 0.6) is 0 Å². The molecule has 0 unspecified atom stereocenters. The number of nitrogens with zero attached hydrogens (tertiary/aromatic N) is 2. The van der Waals surface area contributed by atoms with Crippen molar-refractivity contribution in [3.8, 4) is 0 Å². The van der Waals surface area contributed by atoms with Crippen LogP contribution in [-0.2, 0) is 6.54 Å². The number of allylic oxidation sites excluding steroid dienone is 4. The number of carbonyl (C=O) groups excluding carboxylic acids is 1. The zero-order valence-electron chi connectivity index (χ0n) is 16.3. The Labute approximate surface area is 159 Å². The summed E-state index contributed by atoms with van der Waals surface area (Å²) in [5, 5.41) is 1.05. The maximum absolute atomic E-state index is 13.2. The fourth-order valence-electron chi connectivity index (χ4n) is 4.12. The van der Waals surface area contributed by atoms with E-state index >= 15 is 0 Å². The Morgan fingerprint density at radius 1 is 1.26 bits per heavy atom. The van der Waals surface area contributed by atoms with E-state index in [9.17, 15) is 9.59 Å². The summed E-state index contributed by atoms with van der Waals surface area (Å²) in [6.07, 6.45) is 8.35. The first-order valence-corrected chi connectivity index (χ1v) is 9.83. The molecule has 1 aromatic carbocycles. The van der Waals surface area contributed by atoms with Crippen LogP contribution in [-0.4, -0.2) is 22.4 Å². The number of rotatable bonds is 4. The number of benzene rings is 1. The van der Waals surface area contributed by atoms with Gasteiger partial charge in [-0.3, -0.25) is 9.59 Å². The van der Waals surface area contributed by atoms with E-state index in [-0.39, 0.29) is 11.5 Å². The molecule has 0 spiro atoms. The number of hydrogen-bond donors (Lipinski definition) is 0.